The van der Waals surface area contributed by atoms with Crippen molar-refractivity contribution in [3.8, 4) is 5.75 Å². The number of fused-ring (bicyclic) bond motifs is 1. The standard InChI is InChI=1S/C18H23N7O/c1-26-13-8-6-12(7-9-13)21-16-14-17(25-18(20)24-16)23-15(22-14)10-2-4-11(19)5-3-10/h6-11H,2-5,19H2,1H3,(H4,20,21,22,23,24,25). The molecule has 6 N–H and O–H groups in total. The number of hydrogen-bond acceptors (Lipinski definition) is 7. The number of hydrogen-bond donors (Lipinski definition) is 4. The average molecular weight is 353 g/mol. The average Bonchev–Trinajstić information content (AvgIpc) is 3.07. The van der Waals surface area contributed by atoms with Gasteiger partial charge in [0.05, 0.1) is 7.11 Å². The summed E-state index contributed by atoms with van der Waals surface area (Å²) < 4.78 is 5.19. The third-order valence-electron chi connectivity index (χ3n) is 4.90. The summed E-state index contributed by atoms with van der Waals surface area (Å²) in [4.78, 5) is 16.7. The van der Waals surface area contributed by atoms with Crippen LogP contribution >= 0.6 is 0 Å². The molecule has 4 rings (SSSR count). The van der Waals surface area contributed by atoms with Crippen molar-refractivity contribution in [3.05, 3.63) is 30.1 Å². The number of nitrogen functional groups attached to an aromatic ring is 1. The second-order valence-electron chi connectivity index (χ2n) is 6.72. The molecular weight excluding hydrogens is 330 g/mol. The first kappa shape index (κ1) is 16.6. The van der Waals surface area contributed by atoms with E-state index in [-0.39, 0.29) is 5.95 Å². The van der Waals surface area contributed by atoms with Crippen molar-refractivity contribution in [2.75, 3.05) is 18.2 Å². The zero-order valence-corrected chi connectivity index (χ0v) is 14.7. The van der Waals surface area contributed by atoms with E-state index in [4.69, 9.17) is 16.2 Å². The van der Waals surface area contributed by atoms with Gasteiger partial charge in [-0.25, -0.2) is 4.98 Å². The van der Waals surface area contributed by atoms with Crippen LogP contribution in [0.4, 0.5) is 17.5 Å². The van der Waals surface area contributed by atoms with Crippen molar-refractivity contribution in [1.82, 2.24) is 19.9 Å². The van der Waals surface area contributed by atoms with E-state index in [0.29, 0.717) is 23.4 Å². The van der Waals surface area contributed by atoms with Gasteiger partial charge in [0.15, 0.2) is 11.5 Å². The number of anilines is 3. The largest absolute Gasteiger partial charge is 0.497 e. The first-order chi connectivity index (χ1) is 12.6. The second-order valence-corrected chi connectivity index (χ2v) is 6.72. The minimum Gasteiger partial charge on any atom is -0.497 e. The maximum absolute atomic E-state index is 6.01. The van der Waals surface area contributed by atoms with E-state index in [0.717, 1.165) is 48.5 Å². The molecule has 0 atom stereocenters. The van der Waals surface area contributed by atoms with Crippen molar-refractivity contribution < 1.29 is 4.74 Å². The summed E-state index contributed by atoms with van der Waals surface area (Å²) in [5, 5.41) is 3.28. The van der Waals surface area contributed by atoms with Gasteiger partial charge in [0, 0.05) is 17.6 Å². The predicted molar refractivity (Wildman–Crippen MR) is 102 cm³/mol. The first-order valence-electron chi connectivity index (χ1n) is 8.82. The molecule has 0 unspecified atom stereocenters. The molecule has 1 aliphatic rings. The molecule has 0 saturated heterocycles. The van der Waals surface area contributed by atoms with Gasteiger partial charge in [-0.1, -0.05) is 0 Å². The highest BCUT2D eigenvalue weighted by Gasteiger charge is 2.24. The van der Waals surface area contributed by atoms with Crippen LogP contribution in [0.15, 0.2) is 24.3 Å². The zero-order chi connectivity index (χ0) is 18.1. The Morgan fingerprint density at radius 1 is 1.08 bits per heavy atom. The number of methoxy groups -OCH3 is 1. The van der Waals surface area contributed by atoms with E-state index in [1.807, 2.05) is 24.3 Å². The maximum atomic E-state index is 6.01. The lowest BCUT2D eigenvalue weighted by Gasteiger charge is -2.24. The Kier molecular flexibility index (Phi) is 4.34. The van der Waals surface area contributed by atoms with Crippen LogP contribution in [0.3, 0.4) is 0 Å². The second kappa shape index (κ2) is 6.80. The fraction of sp³-hybridized carbons (Fsp3) is 0.389. The molecule has 1 aliphatic carbocycles. The molecule has 0 bridgehead atoms. The highest BCUT2D eigenvalue weighted by Crippen LogP contribution is 2.33. The van der Waals surface area contributed by atoms with Crippen LogP contribution in [0, 0.1) is 0 Å². The lowest BCUT2D eigenvalue weighted by Crippen LogP contribution is -2.26. The smallest absolute Gasteiger partial charge is 0.224 e. The van der Waals surface area contributed by atoms with Crippen LogP contribution in [0.5, 0.6) is 5.75 Å². The van der Waals surface area contributed by atoms with Crippen LogP contribution in [0.25, 0.3) is 11.2 Å². The Labute approximate surface area is 151 Å². The number of nitrogens with one attached hydrogen (secondary N) is 2. The van der Waals surface area contributed by atoms with Crippen molar-refractivity contribution in [2.45, 2.75) is 37.6 Å². The molecular formula is C18H23N7O. The van der Waals surface area contributed by atoms with E-state index >= 15 is 0 Å². The van der Waals surface area contributed by atoms with Gasteiger partial charge in [0.1, 0.15) is 17.1 Å². The highest BCUT2D eigenvalue weighted by molar-refractivity contribution is 5.86. The van der Waals surface area contributed by atoms with Gasteiger partial charge in [-0.15, -0.1) is 0 Å². The van der Waals surface area contributed by atoms with Crippen molar-refractivity contribution >= 4 is 28.6 Å². The number of nitrogens with zero attached hydrogens (tertiary/aromatic N) is 3. The molecule has 2 heterocycles. The third-order valence-corrected chi connectivity index (χ3v) is 4.90. The predicted octanol–water partition coefficient (Wildman–Crippen LogP) is 2.67. The maximum Gasteiger partial charge on any atom is 0.224 e. The summed E-state index contributed by atoms with van der Waals surface area (Å²) in [6, 6.07) is 7.91. The topological polar surface area (TPSA) is 128 Å². The fourth-order valence-electron chi connectivity index (χ4n) is 3.42. The fourth-order valence-corrected chi connectivity index (χ4v) is 3.42. The number of H-pyrrole nitrogens is 1. The minimum absolute atomic E-state index is 0.192. The molecule has 3 aromatic rings. The van der Waals surface area contributed by atoms with E-state index in [9.17, 15) is 0 Å². The van der Waals surface area contributed by atoms with E-state index in [1.165, 1.54) is 0 Å². The molecule has 1 aromatic carbocycles. The zero-order valence-electron chi connectivity index (χ0n) is 14.7. The van der Waals surface area contributed by atoms with Gasteiger partial charge in [0.25, 0.3) is 0 Å². The molecule has 0 amide bonds. The molecule has 26 heavy (non-hydrogen) atoms. The lowest BCUT2D eigenvalue weighted by molar-refractivity contribution is 0.386. The molecule has 0 radical (unpaired) electrons. The van der Waals surface area contributed by atoms with Crippen molar-refractivity contribution in [2.24, 2.45) is 5.73 Å². The number of aromatic nitrogens is 4. The van der Waals surface area contributed by atoms with Crippen LogP contribution in [0.2, 0.25) is 0 Å². The lowest BCUT2D eigenvalue weighted by atomic mass is 9.86. The monoisotopic (exact) mass is 353 g/mol. The normalized spacial score (nSPS) is 20.2. The number of nitrogens with two attached hydrogens (primary N) is 2. The summed E-state index contributed by atoms with van der Waals surface area (Å²) >= 11 is 0. The molecule has 2 aromatic heterocycles. The van der Waals surface area contributed by atoms with Crippen LogP contribution < -0.4 is 21.5 Å². The third kappa shape index (κ3) is 3.28. The number of imidazole rings is 1. The van der Waals surface area contributed by atoms with Crippen LogP contribution in [-0.4, -0.2) is 33.1 Å². The summed E-state index contributed by atoms with van der Waals surface area (Å²) in [5.74, 6) is 2.91. The minimum atomic E-state index is 0.192. The Bertz CT molecular complexity index is 898. The van der Waals surface area contributed by atoms with Crippen molar-refractivity contribution in [1.29, 1.82) is 0 Å². The molecule has 8 heteroatoms. The Morgan fingerprint density at radius 2 is 1.81 bits per heavy atom. The number of benzene rings is 1. The van der Waals surface area contributed by atoms with Gasteiger partial charge < -0.3 is 26.5 Å². The summed E-state index contributed by atoms with van der Waals surface area (Å²) in [5.41, 5.74) is 14.1. The quantitative estimate of drug-likeness (QED) is 0.567. The van der Waals surface area contributed by atoms with E-state index in [2.05, 4.69) is 25.3 Å². The highest BCUT2D eigenvalue weighted by atomic mass is 16.5. The molecule has 0 aliphatic heterocycles. The number of aromatic amines is 1. The van der Waals surface area contributed by atoms with Gasteiger partial charge in [-0.2, -0.15) is 9.97 Å². The van der Waals surface area contributed by atoms with Crippen molar-refractivity contribution in [3.63, 3.8) is 0 Å². The molecule has 1 fully saturated rings. The summed E-state index contributed by atoms with van der Waals surface area (Å²) in [6.07, 6.45) is 4.11. The first-order valence-corrected chi connectivity index (χ1v) is 8.82. The Hall–Kier alpha value is -2.87. The van der Waals surface area contributed by atoms with Gasteiger partial charge in [-0.3, -0.25) is 0 Å². The van der Waals surface area contributed by atoms with E-state index < -0.39 is 0 Å². The van der Waals surface area contributed by atoms with Crippen LogP contribution in [-0.2, 0) is 0 Å². The van der Waals surface area contributed by atoms with Gasteiger partial charge in [0.2, 0.25) is 5.95 Å². The number of ether oxygens (including phenoxy) is 1. The molecule has 8 nitrogen and oxygen atoms in total. The molecule has 1 saturated carbocycles. The molecule has 136 valence electrons. The van der Waals surface area contributed by atoms with E-state index in [1.54, 1.807) is 7.11 Å². The number of rotatable bonds is 4. The summed E-state index contributed by atoms with van der Waals surface area (Å²) in [6.45, 7) is 0. The van der Waals surface area contributed by atoms with Gasteiger partial charge >= 0.3 is 0 Å². The molecule has 0 spiro atoms. The van der Waals surface area contributed by atoms with Crippen LogP contribution in [0.1, 0.15) is 37.4 Å². The van der Waals surface area contributed by atoms with Gasteiger partial charge in [-0.05, 0) is 49.9 Å². The Balaban J connectivity index is 1.65. The SMILES string of the molecule is COc1ccc(Nc2nc(N)nc3nc(C4CCC(N)CC4)[nH]c23)cc1. The Morgan fingerprint density at radius 3 is 2.50 bits per heavy atom. The summed E-state index contributed by atoms with van der Waals surface area (Å²) in [7, 11) is 1.64.